The highest BCUT2D eigenvalue weighted by molar-refractivity contribution is 6.99. The summed E-state index contributed by atoms with van der Waals surface area (Å²) in [6.07, 6.45) is 29.4. The summed E-state index contributed by atoms with van der Waals surface area (Å²) in [4.78, 5) is 12.9. The minimum absolute atomic E-state index is 0.0530. The maximum Gasteiger partial charge on any atom is 0.334 e. The molecular weight excluding hydrogens is 777 g/mol. The number of hydrogen-bond acceptors (Lipinski definition) is 7. The first kappa shape index (κ1) is 47.9. The molecule has 1 N–H and O–H groups in total. The fraction of sp³-hybridized carbons (Fsp3) is 0.679. The zero-order chi connectivity index (χ0) is 43.1. The predicted octanol–water partition coefficient (Wildman–Crippen LogP) is 11.2. The van der Waals surface area contributed by atoms with Gasteiger partial charge in [0.1, 0.15) is 6.10 Å². The summed E-state index contributed by atoms with van der Waals surface area (Å²) < 4.78 is 32.8. The van der Waals surface area contributed by atoms with Gasteiger partial charge in [0, 0.05) is 12.0 Å². The van der Waals surface area contributed by atoms with Gasteiger partial charge in [-0.15, -0.1) is 0 Å². The van der Waals surface area contributed by atoms with E-state index >= 15 is 0 Å². The van der Waals surface area contributed by atoms with Crippen molar-refractivity contribution in [3.63, 3.8) is 0 Å². The number of rotatable bonds is 25. The minimum atomic E-state index is -2.82. The first-order valence-electron chi connectivity index (χ1n) is 24.6. The number of aliphatic hydroxyl groups excluding tert-OH is 1. The smallest absolute Gasteiger partial charge is 0.334 e. The van der Waals surface area contributed by atoms with E-state index in [0.29, 0.717) is 6.42 Å². The van der Waals surface area contributed by atoms with Crippen LogP contribution < -0.4 is 10.4 Å². The number of carbonyl (C=O) groups is 1. The molecule has 0 saturated carbocycles. The van der Waals surface area contributed by atoms with E-state index in [-0.39, 0.29) is 65.9 Å². The highest BCUT2D eigenvalue weighted by Gasteiger charge is 2.51. The second-order valence-electron chi connectivity index (χ2n) is 19.7. The largest absolute Gasteiger partial charge is 0.455 e. The number of carbonyl (C=O) groups excluding carboxylic acids is 1. The molecule has 0 unspecified atom stereocenters. The Labute approximate surface area is 370 Å². The fourth-order valence-electron chi connectivity index (χ4n) is 10.5. The summed E-state index contributed by atoms with van der Waals surface area (Å²) in [7, 11) is -2.82. The molecule has 6 rings (SSSR count). The Morgan fingerprint density at radius 2 is 1.28 bits per heavy atom. The average Bonchev–Trinajstić information content (AvgIpc) is 4.08. The van der Waals surface area contributed by atoms with E-state index < -0.39 is 8.32 Å². The summed E-state index contributed by atoms with van der Waals surface area (Å²) in [5.74, 6) is -0.224. The van der Waals surface area contributed by atoms with Crippen LogP contribution in [0.1, 0.15) is 169 Å². The molecule has 0 bridgehead atoms. The summed E-state index contributed by atoms with van der Waals surface area (Å²) in [5.41, 5.74) is 0.720. The Kier molecular flexibility index (Phi) is 18.8. The van der Waals surface area contributed by atoms with E-state index in [1.165, 1.54) is 68.2 Å². The van der Waals surface area contributed by atoms with Crippen molar-refractivity contribution >= 4 is 24.7 Å². The maximum absolute atomic E-state index is 12.9. The van der Waals surface area contributed by atoms with Gasteiger partial charge in [0.05, 0.1) is 48.8 Å². The van der Waals surface area contributed by atoms with E-state index in [0.717, 1.165) is 76.2 Å². The highest BCUT2D eigenvalue weighted by atomic mass is 28.4. The number of ether oxygens (including phenoxy) is 4. The van der Waals surface area contributed by atoms with Gasteiger partial charge in [-0.1, -0.05) is 165 Å². The predicted molar refractivity (Wildman–Crippen MR) is 250 cm³/mol. The van der Waals surface area contributed by atoms with Gasteiger partial charge in [-0.05, 0) is 92.6 Å². The van der Waals surface area contributed by atoms with Crippen LogP contribution in [0.15, 0.2) is 84.5 Å². The Balaban J connectivity index is 0.949. The fourth-order valence-corrected chi connectivity index (χ4v) is 15.2. The molecule has 4 heterocycles. The van der Waals surface area contributed by atoms with Crippen LogP contribution in [-0.2, 0) is 28.2 Å². The van der Waals surface area contributed by atoms with Gasteiger partial charge in [0.2, 0.25) is 0 Å². The first-order chi connectivity index (χ1) is 29.6. The van der Waals surface area contributed by atoms with Crippen LogP contribution in [0.4, 0.5) is 0 Å². The van der Waals surface area contributed by atoms with Crippen LogP contribution in [0.2, 0.25) is 5.04 Å². The molecule has 61 heavy (non-hydrogen) atoms. The SMILES string of the molecule is CCCCCCCCCCCC[C@@H](O)[C@H]1CC[C@@H]([C@@H]2CC[C@H]([C@H]3CC[C@H](C/C=C/CC[C@H](CC4=C[C@H](C)OC4=O)O[Si](c4ccccc4)(c4ccccc4)C(C)(C)C)O3)O2)O1. The van der Waals surface area contributed by atoms with Gasteiger partial charge in [0.25, 0.3) is 8.32 Å². The third-order valence-corrected chi connectivity index (χ3v) is 18.9. The van der Waals surface area contributed by atoms with E-state index in [1.807, 2.05) is 13.0 Å². The lowest BCUT2D eigenvalue weighted by Gasteiger charge is -2.45. The maximum atomic E-state index is 12.9. The van der Waals surface area contributed by atoms with E-state index in [1.54, 1.807) is 0 Å². The van der Waals surface area contributed by atoms with Gasteiger partial charge in [0.15, 0.2) is 0 Å². The molecule has 0 amide bonds. The highest BCUT2D eigenvalue weighted by Crippen LogP contribution is 2.40. The van der Waals surface area contributed by atoms with Crippen LogP contribution in [0.3, 0.4) is 0 Å². The number of unbranched alkanes of at least 4 members (excludes halogenated alkanes) is 9. The molecule has 8 heteroatoms. The molecule has 4 aliphatic rings. The van der Waals surface area contributed by atoms with Crippen LogP contribution in [0.25, 0.3) is 0 Å². The molecule has 0 aliphatic carbocycles. The Morgan fingerprint density at radius 3 is 1.87 bits per heavy atom. The number of esters is 1. The number of allylic oxidation sites excluding steroid dienone is 1. The standard InChI is InChI=1S/C53H80O7Si/c1-6-7-8-9-10-11-12-13-14-24-31-46(54)47-34-35-50(58-47)51-37-36-49(59-51)48-33-32-42(57-48)25-18-15-19-26-43(39-41-38-40(2)56-52(41)55)60-61(53(3,4)5,44-27-20-16-21-28-44)45-29-22-17-23-30-45/h15-18,20-23,27-30,38,40,42-43,46-51,54H,6-14,19,24-26,31-37,39H2,1-5H3/b18-15+/t40-,42-,43+,46+,47+,48+,49+,50-,51-/m0/s1. The van der Waals surface area contributed by atoms with Crippen molar-refractivity contribution in [1.82, 2.24) is 0 Å². The van der Waals surface area contributed by atoms with Crippen LogP contribution >= 0.6 is 0 Å². The lowest BCUT2D eigenvalue weighted by molar-refractivity contribution is -0.139. The van der Waals surface area contributed by atoms with Crippen molar-refractivity contribution in [1.29, 1.82) is 0 Å². The topological polar surface area (TPSA) is 83.5 Å². The van der Waals surface area contributed by atoms with Crippen LogP contribution in [-0.4, -0.2) is 74.3 Å². The van der Waals surface area contributed by atoms with E-state index in [9.17, 15) is 9.90 Å². The molecule has 2 aromatic carbocycles. The van der Waals surface area contributed by atoms with Crippen molar-refractivity contribution in [2.75, 3.05) is 0 Å². The molecule has 9 atom stereocenters. The zero-order valence-corrected chi connectivity index (χ0v) is 39.4. The second-order valence-corrected chi connectivity index (χ2v) is 23.9. The number of hydrogen-bond donors (Lipinski definition) is 1. The third-order valence-electron chi connectivity index (χ3n) is 13.8. The summed E-state index contributed by atoms with van der Waals surface area (Å²) in [5, 5.41) is 13.3. The van der Waals surface area contributed by atoms with Crippen molar-refractivity contribution in [2.45, 2.75) is 229 Å². The van der Waals surface area contributed by atoms with Gasteiger partial charge in [-0.3, -0.25) is 0 Å². The molecule has 7 nitrogen and oxygen atoms in total. The summed E-state index contributed by atoms with van der Waals surface area (Å²) in [6, 6.07) is 21.5. The first-order valence-corrected chi connectivity index (χ1v) is 26.5. The van der Waals surface area contributed by atoms with Crippen molar-refractivity contribution in [3.8, 4) is 0 Å². The normalized spacial score (nSPS) is 26.9. The van der Waals surface area contributed by atoms with Crippen molar-refractivity contribution < 1.29 is 33.3 Å². The Hall–Kier alpha value is -2.59. The molecule has 4 aliphatic heterocycles. The van der Waals surface area contributed by atoms with Gasteiger partial charge < -0.3 is 28.5 Å². The summed E-state index contributed by atoms with van der Waals surface area (Å²) in [6.45, 7) is 11.1. The number of cyclic esters (lactones) is 1. The van der Waals surface area contributed by atoms with Crippen molar-refractivity contribution in [2.24, 2.45) is 0 Å². The van der Waals surface area contributed by atoms with Crippen LogP contribution in [0.5, 0.6) is 0 Å². The minimum Gasteiger partial charge on any atom is -0.455 e. The number of benzene rings is 2. The van der Waals surface area contributed by atoms with Crippen molar-refractivity contribution in [3.05, 3.63) is 84.5 Å². The summed E-state index contributed by atoms with van der Waals surface area (Å²) >= 11 is 0. The van der Waals surface area contributed by atoms with Gasteiger partial charge in [-0.2, -0.15) is 0 Å². The second kappa shape index (κ2) is 23.9. The lowest BCUT2D eigenvalue weighted by Crippen LogP contribution is -2.67. The molecule has 3 saturated heterocycles. The van der Waals surface area contributed by atoms with Crippen LogP contribution in [0, 0.1) is 0 Å². The molecule has 0 spiro atoms. The quantitative estimate of drug-likeness (QED) is 0.0461. The molecule has 2 aromatic rings. The molecule has 338 valence electrons. The number of aliphatic hydroxyl groups is 1. The molecule has 3 fully saturated rings. The van der Waals surface area contributed by atoms with E-state index in [4.69, 9.17) is 23.4 Å². The molecule has 0 radical (unpaired) electrons. The average molecular weight is 857 g/mol. The molecule has 0 aromatic heterocycles. The zero-order valence-electron chi connectivity index (χ0n) is 38.4. The Bertz CT molecular complexity index is 1600. The van der Waals surface area contributed by atoms with E-state index in [2.05, 4.69) is 101 Å². The van der Waals surface area contributed by atoms with Gasteiger partial charge in [-0.25, -0.2) is 4.79 Å². The molecular formula is C53H80O7Si. The van der Waals surface area contributed by atoms with Gasteiger partial charge >= 0.3 is 5.97 Å². The monoisotopic (exact) mass is 857 g/mol. The third kappa shape index (κ3) is 13.5. The Morgan fingerprint density at radius 1 is 0.721 bits per heavy atom. The lowest BCUT2D eigenvalue weighted by atomic mass is 10.0.